The van der Waals surface area contributed by atoms with Crippen LogP contribution in [-0.4, -0.2) is 18.3 Å². The molecule has 1 nitrogen and oxygen atoms in total. The molecule has 0 aliphatic heterocycles. The Morgan fingerprint density at radius 1 is 0.882 bits per heavy atom. The SMILES string of the molecule is CC1CCCC1NC1CCCCC1C(F)(F)F. The second-order valence-electron chi connectivity index (χ2n) is 5.72. The summed E-state index contributed by atoms with van der Waals surface area (Å²) in [5, 5.41) is 3.30. The first-order valence-electron chi connectivity index (χ1n) is 6.81. The maximum absolute atomic E-state index is 12.9. The summed E-state index contributed by atoms with van der Waals surface area (Å²) in [6, 6.07) is -0.0303. The van der Waals surface area contributed by atoms with Crippen LogP contribution in [-0.2, 0) is 0 Å². The Hall–Kier alpha value is -0.250. The van der Waals surface area contributed by atoms with Gasteiger partial charge in [-0.3, -0.25) is 0 Å². The van der Waals surface area contributed by atoms with Crippen molar-refractivity contribution in [3.63, 3.8) is 0 Å². The minimum atomic E-state index is -4.03. The van der Waals surface area contributed by atoms with Gasteiger partial charge < -0.3 is 5.32 Å². The monoisotopic (exact) mass is 249 g/mol. The van der Waals surface area contributed by atoms with Gasteiger partial charge in [0.05, 0.1) is 5.92 Å². The summed E-state index contributed by atoms with van der Waals surface area (Å²) in [4.78, 5) is 0. The van der Waals surface area contributed by atoms with Crippen molar-refractivity contribution >= 4 is 0 Å². The van der Waals surface area contributed by atoms with E-state index in [1.54, 1.807) is 0 Å². The van der Waals surface area contributed by atoms with Gasteiger partial charge in [0.25, 0.3) is 0 Å². The number of halogens is 3. The molecule has 0 radical (unpaired) electrons. The van der Waals surface area contributed by atoms with Crippen LogP contribution in [0.1, 0.15) is 51.9 Å². The molecule has 2 fully saturated rings. The van der Waals surface area contributed by atoms with E-state index in [-0.39, 0.29) is 6.04 Å². The van der Waals surface area contributed by atoms with Gasteiger partial charge >= 0.3 is 6.18 Å². The molecule has 2 aliphatic carbocycles. The molecule has 4 unspecified atom stereocenters. The average Bonchev–Trinajstić information content (AvgIpc) is 2.64. The number of alkyl halides is 3. The first kappa shape index (κ1) is 13.2. The van der Waals surface area contributed by atoms with E-state index in [0.717, 1.165) is 32.1 Å². The molecule has 4 atom stereocenters. The molecule has 0 aromatic heterocycles. The van der Waals surface area contributed by atoms with Crippen LogP contribution < -0.4 is 5.32 Å². The second kappa shape index (κ2) is 5.17. The maximum atomic E-state index is 12.9. The van der Waals surface area contributed by atoms with Gasteiger partial charge in [-0.1, -0.05) is 26.2 Å². The van der Waals surface area contributed by atoms with E-state index in [1.807, 2.05) is 0 Å². The van der Waals surface area contributed by atoms with E-state index in [0.29, 0.717) is 24.8 Å². The number of rotatable bonds is 2. The predicted octanol–water partition coefficient (Wildman–Crippen LogP) is 3.89. The van der Waals surface area contributed by atoms with Crippen molar-refractivity contribution < 1.29 is 13.2 Å². The third-order valence-corrected chi connectivity index (χ3v) is 4.48. The van der Waals surface area contributed by atoms with Gasteiger partial charge in [-0.25, -0.2) is 0 Å². The Labute approximate surface area is 101 Å². The third-order valence-electron chi connectivity index (χ3n) is 4.48. The van der Waals surface area contributed by atoms with Crippen LogP contribution in [0.25, 0.3) is 0 Å². The molecule has 100 valence electrons. The Balaban J connectivity index is 1.96. The van der Waals surface area contributed by atoms with E-state index in [2.05, 4.69) is 12.2 Å². The van der Waals surface area contributed by atoms with Crippen molar-refractivity contribution in [2.45, 2.75) is 70.1 Å². The maximum Gasteiger partial charge on any atom is 0.393 e. The highest BCUT2D eigenvalue weighted by Gasteiger charge is 2.46. The lowest BCUT2D eigenvalue weighted by molar-refractivity contribution is -0.189. The van der Waals surface area contributed by atoms with Crippen LogP contribution >= 0.6 is 0 Å². The van der Waals surface area contributed by atoms with E-state index in [9.17, 15) is 13.2 Å². The fourth-order valence-corrected chi connectivity index (χ4v) is 3.39. The largest absolute Gasteiger partial charge is 0.393 e. The van der Waals surface area contributed by atoms with E-state index < -0.39 is 12.1 Å². The Kier molecular flexibility index (Phi) is 4.01. The van der Waals surface area contributed by atoms with E-state index >= 15 is 0 Å². The van der Waals surface area contributed by atoms with E-state index in [4.69, 9.17) is 0 Å². The third kappa shape index (κ3) is 3.15. The van der Waals surface area contributed by atoms with Crippen LogP contribution in [0, 0.1) is 11.8 Å². The quantitative estimate of drug-likeness (QED) is 0.783. The summed E-state index contributed by atoms with van der Waals surface area (Å²) in [6.45, 7) is 2.15. The smallest absolute Gasteiger partial charge is 0.310 e. The van der Waals surface area contributed by atoms with Crippen LogP contribution in [0.3, 0.4) is 0 Å². The minimum Gasteiger partial charge on any atom is -0.310 e. The van der Waals surface area contributed by atoms with Crippen molar-refractivity contribution in [3.05, 3.63) is 0 Å². The Morgan fingerprint density at radius 2 is 1.53 bits per heavy atom. The molecule has 0 amide bonds. The molecule has 17 heavy (non-hydrogen) atoms. The van der Waals surface area contributed by atoms with Crippen molar-refractivity contribution in [1.82, 2.24) is 5.32 Å². The molecular formula is C13H22F3N. The number of nitrogens with one attached hydrogen (secondary N) is 1. The zero-order valence-electron chi connectivity index (χ0n) is 10.4. The van der Waals surface area contributed by atoms with Crippen molar-refractivity contribution in [1.29, 1.82) is 0 Å². The first-order chi connectivity index (χ1) is 7.98. The Bertz CT molecular complexity index is 252. The molecular weight excluding hydrogens is 227 g/mol. The molecule has 2 rings (SSSR count). The van der Waals surface area contributed by atoms with Crippen molar-refractivity contribution in [3.8, 4) is 0 Å². The van der Waals surface area contributed by atoms with Gasteiger partial charge in [-0.05, 0) is 31.6 Å². The van der Waals surface area contributed by atoms with Crippen LogP contribution in [0.15, 0.2) is 0 Å². The fraction of sp³-hybridized carbons (Fsp3) is 1.00. The van der Waals surface area contributed by atoms with Gasteiger partial charge in [0.2, 0.25) is 0 Å². The lowest BCUT2D eigenvalue weighted by atomic mass is 9.83. The zero-order chi connectivity index (χ0) is 12.5. The fourth-order valence-electron chi connectivity index (χ4n) is 3.39. The number of hydrogen-bond acceptors (Lipinski definition) is 1. The molecule has 0 aromatic carbocycles. The van der Waals surface area contributed by atoms with Crippen LogP contribution in [0.4, 0.5) is 13.2 Å². The highest BCUT2D eigenvalue weighted by Crippen LogP contribution is 2.39. The summed E-state index contributed by atoms with van der Waals surface area (Å²) >= 11 is 0. The molecule has 0 spiro atoms. The van der Waals surface area contributed by atoms with Gasteiger partial charge in [-0.2, -0.15) is 13.2 Å². The van der Waals surface area contributed by atoms with Crippen LogP contribution in [0.2, 0.25) is 0 Å². The predicted molar refractivity (Wildman–Crippen MR) is 61.7 cm³/mol. The van der Waals surface area contributed by atoms with Gasteiger partial charge in [0.1, 0.15) is 0 Å². The lowest BCUT2D eigenvalue weighted by Crippen LogP contribution is -2.49. The normalized spacial score (nSPS) is 39.5. The summed E-state index contributed by atoms with van der Waals surface area (Å²) in [5.74, 6) is -0.588. The summed E-state index contributed by atoms with van der Waals surface area (Å²) in [7, 11) is 0. The first-order valence-corrected chi connectivity index (χ1v) is 6.81. The second-order valence-corrected chi connectivity index (χ2v) is 5.72. The molecule has 4 heteroatoms. The molecule has 0 bridgehead atoms. The Morgan fingerprint density at radius 3 is 2.12 bits per heavy atom. The topological polar surface area (TPSA) is 12.0 Å². The van der Waals surface area contributed by atoms with Crippen molar-refractivity contribution in [2.24, 2.45) is 11.8 Å². The van der Waals surface area contributed by atoms with Crippen molar-refractivity contribution in [2.75, 3.05) is 0 Å². The standard InChI is InChI=1S/C13H22F3N/c1-9-5-4-8-11(9)17-12-7-3-2-6-10(12)13(14,15)16/h9-12,17H,2-8H2,1H3. The van der Waals surface area contributed by atoms with Gasteiger partial charge in [0, 0.05) is 12.1 Å². The highest BCUT2D eigenvalue weighted by atomic mass is 19.4. The van der Waals surface area contributed by atoms with E-state index in [1.165, 1.54) is 0 Å². The van der Waals surface area contributed by atoms with Crippen LogP contribution in [0.5, 0.6) is 0 Å². The number of hydrogen-bond donors (Lipinski definition) is 1. The zero-order valence-corrected chi connectivity index (χ0v) is 10.4. The molecule has 2 saturated carbocycles. The summed E-state index contributed by atoms with van der Waals surface area (Å²) in [5.41, 5.74) is 0. The van der Waals surface area contributed by atoms with Gasteiger partial charge in [-0.15, -0.1) is 0 Å². The molecule has 2 aliphatic rings. The van der Waals surface area contributed by atoms with Gasteiger partial charge in [0.15, 0.2) is 0 Å². The molecule has 0 saturated heterocycles. The lowest BCUT2D eigenvalue weighted by Gasteiger charge is -2.36. The summed E-state index contributed by atoms with van der Waals surface area (Å²) in [6.07, 6.45) is 1.98. The molecule has 1 N–H and O–H groups in total. The molecule has 0 aromatic rings. The minimum absolute atomic E-state index is 0.308. The average molecular weight is 249 g/mol. The molecule has 0 heterocycles. The highest BCUT2D eigenvalue weighted by molar-refractivity contribution is 4.90. The summed E-state index contributed by atoms with van der Waals surface area (Å²) < 4.78 is 38.8.